The van der Waals surface area contributed by atoms with Gasteiger partial charge in [-0.15, -0.1) is 0 Å². The largest absolute Gasteiger partial charge is 0.462 e. The summed E-state index contributed by atoms with van der Waals surface area (Å²) in [5.41, 5.74) is -1.43. The van der Waals surface area contributed by atoms with Gasteiger partial charge in [-0.2, -0.15) is 0 Å². The summed E-state index contributed by atoms with van der Waals surface area (Å²) in [6.07, 6.45) is 8.09. The van der Waals surface area contributed by atoms with Crippen LogP contribution in [-0.4, -0.2) is 70.0 Å². The van der Waals surface area contributed by atoms with Crippen molar-refractivity contribution in [3.8, 4) is 0 Å². The fourth-order valence-electron chi connectivity index (χ4n) is 11.7. The summed E-state index contributed by atoms with van der Waals surface area (Å²) >= 11 is 0. The number of rotatable bonds is 6. The molecule has 4 fully saturated rings. The zero-order valence-electron chi connectivity index (χ0n) is 30.1. The Morgan fingerprint density at radius 1 is 0.872 bits per heavy atom. The summed E-state index contributed by atoms with van der Waals surface area (Å²) in [6, 6.07) is 0. The number of hydrogen-bond donors (Lipinski definition) is 4. The van der Waals surface area contributed by atoms with Gasteiger partial charge in [0.05, 0.1) is 36.4 Å². The van der Waals surface area contributed by atoms with Gasteiger partial charge in [0.15, 0.2) is 0 Å². The van der Waals surface area contributed by atoms with Crippen LogP contribution in [0.5, 0.6) is 0 Å². The lowest BCUT2D eigenvalue weighted by Gasteiger charge is -2.72. The molecule has 0 aromatic carbocycles. The van der Waals surface area contributed by atoms with Crippen molar-refractivity contribution in [1.82, 2.24) is 0 Å². The van der Waals surface area contributed by atoms with E-state index in [9.17, 15) is 30.0 Å². The Balaban J connectivity index is 1.55. The average molecular weight is 657 g/mol. The summed E-state index contributed by atoms with van der Waals surface area (Å²) in [5.74, 6) is -0.776. The van der Waals surface area contributed by atoms with Crippen molar-refractivity contribution >= 4 is 11.9 Å². The SMILES string of the molecule is CC=CC(=O)OC[C@@]12C(CC(C)(C)[C@@H](O)[C@@H]1O)C1=CCC3[C@@]4(C)CC[C@H](O)[C@](C)(COC(=O)C(C)=CC)C4CC[C@@]3(C)[C@]1(C)C[C@H]2O. The predicted molar refractivity (Wildman–Crippen MR) is 180 cm³/mol. The van der Waals surface area contributed by atoms with Gasteiger partial charge in [-0.3, -0.25) is 0 Å². The molecule has 12 atom stereocenters. The highest BCUT2D eigenvalue weighted by atomic mass is 16.5. The average Bonchev–Trinajstić information content (AvgIpc) is 3.00. The molecule has 0 aliphatic heterocycles. The number of ether oxygens (including phenoxy) is 2. The molecule has 0 bridgehead atoms. The van der Waals surface area contributed by atoms with E-state index in [1.165, 1.54) is 11.6 Å². The molecule has 5 rings (SSSR count). The molecule has 0 aromatic rings. The molecule has 4 saturated carbocycles. The quantitative estimate of drug-likeness (QED) is 0.163. The van der Waals surface area contributed by atoms with Crippen LogP contribution >= 0.6 is 0 Å². The second-order valence-corrected chi connectivity index (χ2v) is 17.5. The summed E-state index contributed by atoms with van der Waals surface area (Å²) in [6.45, 7) is 18.4. The highest BCUT2D eigenvalue weighted by molar-refractivity contribution is 5.87. The highest BCUT2D eigenvalue weighted by Gasteiger charge is 2.72. The first-order valence-corrected chi connectivity index (χ1v) is 17.8. The van der Waals surface area contributed by atoms with Gasteiger partial charge in [-0.05, 0) is 105 Å². The number of carbonyl (C=O) groups excluding carboxylic acids is 2. The van der Waals surface area contributed by atoms with Crippen LogP contribution in [-0.2, 0) is 19.1 Å². The zero-order valence-corrected chi connectivity index (χ0v) is 30.1. The number of esters is 2. The Kier molecular flexibility index (Phi) is 9.34. The fraction of sp³-hybridized carbons (Fsp3) is 0.795. The number of allylic oxidation sites excluding steroid dienone is 4. The molecule has 0 radical (unpaired) electrons. The first-order valence-electron chi connectivity index (χ1n) is 17.8. The van der Waals surface area contributed by atoms with E-state index in [0.29, 0.717) is 24.8 Å². The van der Waals surface area contributed by atoms with E-state index in [4.69, 9.17) is 9.47 Å². The Labute approximate surface area is 281 Å². The van der Waals surface area contributed by atoms with Gasteiger partial charge in [0.2, 0.25) is 0 Å². The molecule has 8 heteroatoms. The minimum atomic E-state index is -1.27. The van der Waals surface area contributed by atoms with E-state index in [1.807, 2.05) is 20.8 Å². The van der Waals surface area contributed by atoms with Crippen LogP contribution in [0, 0.1) is 50.2 Å². The van der Waals surface area contributed by atoms with Gasteiger partial charge in [0, 0.05) is 17.1 Å². The molecule has 264 valence electrons. The first kappa shape index (κ1) is 36.3. The van der Waals surface area contributed by atoms with Gasteiger partial charge in [-0.1, -0.05) is 65.3 Å². The summed E-state index contributed by atoms with van der Waals surface area (Å²) in [7, 11) is 0. The second-order valence-electron chi connectivity index (χ2n) is 17.5. The van der Waals surface area contributed by atoms with Crippen molar-refractivity contribution in [1.29, 1.82) is 0 Å². The third-order valence-electron chi connectivity index (χ3n) is 15.0. The van der Waals surface area contributed by atoms with E-state index in [2.05, 4.69) is 33.8 Å². The normalized spacial score (nSPS) is 47.6. The van der Waals surface area contributed by atoms with Gasteiger partial charge in [-0.25, -0.2) is 9.59 Å². The van der Waals surface area contributed by atoms with Crippen LogP contribution < -0.4 is 0 Å². The van der Waals surface area contributed by atoms with Crippen LogP contribution in [0.1, 0.15) is 107 Å². The second kappa shape index (κ2) is 12.1. The van der Waals surface area contributed by atoms with Crippen LogP contribution in [0.3, 0.4) is 0 Å². The minimum absolute atomic E-state index is 0.137. The molecule has 4 N–H and O–H groups in total. The summed E-state index contributed by atoms with van der Waals surface area (Å²) in [5, 5.41) is 46.9. The number of hydrogen-bond acceptors (Lipinski definition) is 8. The van der Waals surface area contributed by atoms with Crippen molar-refractivity contribution in [3.05, 3.63) is 35.5 Å². The maximum atomic E-state index is 12.7. The Morgan fingerprint density at radius 2 is 1.55 bits per heavy atom. The minimum Gasteiger partial charge on any atom is -0.462 e. The molecule has 0 saturated heterocycles. The maximum Gasteiger partial charge on any atom is 0.333 e. The number of fused-ring (bicyclic) bond motifs is 7. The molecule has 0 spiro atoms. The van der Waals surface area contributed by atoms with E-state index < -0.39 is 52.0 Å². The summed E-state index contributed by atoms with van der Waals surface area (Å²) in [4.78, 5) is 25.2. The monoisotopic (exact) mass is 656 g/mol. The molecule has 0 heterocycles. The molecule has 0 amide bonds. The van der Waals surface area contributed by atoms with Crippen LogP contribution in [0.4, 0.5) is 0 Å². The zero-order chi connectivity index (χ0) is 35.0. The maximum absolute atomic E-state index is 12.7. The van der Waals surface area contributed by atoms with Crippen LogP contribution in [0.25, 0.3) is 0 Å². The van der Waals surface area contributed by atoms with Crippen LogP contribution in [0.15, 0.2) is 35.5 Å². The van der Waals surface area contributed by atoms with E-state index in [-0.39, 0.29) is 47.8 Å². The van der Waals surface area contributed by atoms with Crippen LogP contribution in [0.2, 0.25) is 0 Å². The van der Waals surface area contributed by atoms with E-state index in [0.717, 1.165) is 25.7 Å². The Hall–Kier alpha value is -2.00. The number of aliphatic hydroxyl groups excluding tert-OH is 4. The van der Waals surface area contributed by atoms with E-state index >= 15 is 0 Å². The smallest absolute Gasteiger partial charge is 0.333 e. The van der Waals surface area contributed by atoms with Gasteiger partial charge >= 0.3 is 11.9 Å². The Bertz CT molecular complexity index is 1350. The first-order chi connectivity index (χ1) is 21.8. The van der Waals surface area contributed by atoms with Crippen molar-refractivity contribution < 1.29 is 39.5 Å². The van der Waals surface area contributed by atoms with Crippen molar-refractivity contribution in [2.24, 2.45) is 50.2 Å². The van der Waals surface area contributed by atoms with E-state index in [1.54, 1.807) is 26.0 Å². The van der Waals surface area contributed by atoms with Crippen molar-refractivity contribution in [3.63, 3.8) is 0 Å². The molecule has 5 aliphatic carbocycles. The third kappa shape index (κ3) is 5.13. The van der Waals surface area contributed by atoms with Gasteiger partial charge in [0.1, 0.15) is 6.61 Å². The lowest BCUT2D eigenvalue weighted by Crippen LogP contribution is -2.72. The molecule has 0 aromatic heterocycles. The molecule has 8 nitrogen and oxygen atoms in total. The van der Waals surface area contributed by atoms with Crippen molar-refractivity contribution in [2.75, 3.05) is 13.2 Å². The lowest BCUT2D eigenvalue weighted by molar-refractivity contribution is -0.260. The molecule has 5 aliphatic rings. The third-order valence-corrected chi connectivity index (χ3v) is 15.0. The van der Waals surface area contributed by atoms with Gasteiger partial charge < -0.3 is 29.9 Å². The predicted octanol–water partition coefficient (Wildman–Crippen LogP) is 5.67. The standard InChI is InChI=1S/C39H60O8/c1-10-12-30(42)46-22-39-25(19-34(4,5)31(43)32(39)44)24-13-14-27-35(6)17-16-28(40)36(7,21-47-33(45)23(3)11-2)26(35)15-18-37(27,8)38(24,9)20-29(39)41/h10-13,25-29,31-32,40-41,43-44H,14-22H2,1-9H3/t25?,26?,27?,28-,29+,31-,32-,35-,36+,37+,38+,39-/m0/s1. The highest BCUT2D eigenvalue weighted by Crippen LogP contribution is 2.75. The fourth-order valence-corrected chi connectivity index (χ4v) is 11.7. The van der Waals surface area contributed by atoms with Gasteiger partial charge in [0.25, 0.3) is 0 Å². The topological polar surface area (TPSA) is 134 Å². The summed E-state index contributed by atoms with van der Waals surface area (Å²) < 4.78 is 11.6. The molecule has 3 unspecified atom stereocenters. The molecular formula is C39H60O8. The number of aliphatic hydroxyl groups is 4. The number of carbonyl (C=O) groups is 2. The Morgan fingerprint density at radius 3 is 2.19 bits per heavy atom. The lowest BCUT2D eigenvalue weighted by atomic mass is 9.33. The molecular weight excluding hydrogens is 596 g/mol. The van der Waals surface area contributed by atoms with Crippen molar-refractivity contribution in [2.45, 2.75) is 132 Å². The molecule has 47 heavy (non-hydrogen) atoms.